The molecule has 5 N–H and O–H groups in total. The van der Waals surface area contributed by atoms with E-state index in [1.807, 2.05) is 4.90 Å². The number of anilines is 1. The minimum atomic E-state index is -0.417. The molecule has 3 rings (SSSR count). The van der Waals surface area contributed by atoms with Crippen molar-refractivity contribution < 1.29 is 13.9 Å². The Bertz CT molecular complexity index is 633. The topological polar surface area (TPSA) is 98.1 Å². The van der Waals surface area contributed by atoms with Crippen LogP contribution in [0.15, 0.2) is 11.2 Å². The molecular weight excluding hydrogens is 313 g/mol. The molecule has 0 spiro atoms. The van der Waals surface area contributed by atoms with E-state index in [9.17, 15) is 4.39 Å². The van der Waals surface area contributed by atoms with Gasteiger partial charge in [0.2, 0.25) is 0 Å². The van der Waals surface area contributed by atoms with Crippen LogP contribution >= 0.6 is 0 Å². The number of hydrazone groups is 1. The average Bonchev–Trinajstić information content (AvgIpc) is 3.37. The summed E-state index contributed by atoms with van der Waals surface area (Å²) in [4.78, 5) is 2.03. The third kappa shape index (κ3) is 3.54. The van der Waals surface area contributed by atoms with E-state index in [-0.39, 0.29) is 11.4 Å². The van der Waals surface area contributed by atoms with Gasteiger partial charge in [0, 0.05) is 13.2 Å². The first-order chi connectivity index (χ1) is 11.6. The van der Waals surface area contributed by atoms with Crippen molar-refractivity contribution in [3.05, 3.63) is 23.0 Å². The molecule has 1 aromatic rings. The summed E-state index contributed by atoms with van der Waals surface area (Å²) in [5.41, 5.74) is 9.31. The minimum Gasteiger partial charge on any atom is -0.490 e. The van der Waals surface area contributed by atoms with Crippen LogP contribution in [-0.2, 0) is 4.74 Å². The Morgan fingerprint density at radius 3 is 3.04 bits per heavy atom. The van der Waals surface area contributed by atoms with E-state index in [4.69, 9.17) is 21.1 Å². The molecule has 132 valence electrons. The van der Waals surface area contributed by atoms with Crippen LogP contribution in [0.5, 0.6) is 5.75 Å². The molecule has 8 heteroatoms. The van der Waals surface area contributed by atoms with Gasteiger partial charge in [-0.3, -0.25) is 0 Å². The first-order valence-corrected chi connectivity index (χ1v) is 8.19. The van der Waals surface area contributed by atoms with Gasteiger partial charge < -0.3 is 20.1 Å². The Morgan fingerprint density at radius 2 is 2.33 bits per heavy atom. The molecule has 1 fully saturated rings. The molecule has 0 radical (unpaired) electrons. The molecule has 0 aromatic heterocycles. The van der Waals surface area contributed by atoms with Gasteiger partial charge >= 0.3 is 0 Å². The van der Waals surface area contributed by atoms with Crippen LogP contribution in [0.25, 0.3) is 0 Å². The summed E-state index contributed by atoms with van der Waals surface area (Å²) in [6.45, 7) is 4.86. The summed E-state index contributed by atoms with van der Waals surface area (Å²) in [5.74, 6) is 6.09. The summed E-state index contributed by atoms with van der Waals surface area (Å²) >= 11 is 0. The number of fused-ring (bicyclic) bond motifs is 1. The lowest BCUT2D eigenvalue weighted by molar-refractivity contribution is 0.129. The van der Waals surface area contributed by atoms with Crippen LogP contribution in [0, 0.1) is 18.7 Å². The van der Waals surface area contributed by atoms with E-state index in [1.54, 1.807) is 13.0 Å². The SMILES string of the molecule is Cc1cc2c(c(/C(N)=N/NN)c1F)N(CCOCC1CC1)CCO2. The maximum absolute atomic E-state index is 14.7. The number of nitrogens with one attached hydrogen (secondary N) is 1. The number of hydrazine groups is 1. The van der Waals surface area contributed by atoms with E-state index >= 15 is 0 Å². The summed E-state index contributed by atoms with van der Waals surface area (Å²) < 4.78 is 26.1. The number of hydrogen-bond donors (Lipinski definition) is 3. The minimum absolute atomic E-state index is 0.00986. The largest absolute Gasteiger partial charge is 0.490 e. The molecule has 0 amide bonds. The molecule has 1 aromatic carbocycles. The number of amidine groups is 1. The van der Waals surface area contributed by atoms with Crippen LogP contribution in [0.3, 0.4) is 0 Å². The van der Waals surface area contributed by atoms with Crippen LogP contribution in [0.1, 0.15) is 24.0 Å². The first kappa shape index (κ1) is 16.8. The van der Waals surface area contributed by atoms with Gasteiger partial charge in [0.1, 0.15) is 18.2 Å². The lowest BCUT2D eigenvalue weighted by atomic mass is 10.0. The van der Waals surface area contributed by atoms with Crippen molar-refractivity contribution in [3.8, 4) is 5.75 Å². The van der Waals surface area contributed by atoms with Crippen LogP contribution in [0.4, 0.5) is 10.1 Å². The van der Waals surface area contributed by atoms with Crippen LogP contribution in [0.2, 0.25) is 0 Å². The fourth-order valence-corrected chi connectivity index (χ4v) is 2.85. The zero-order valence-corrected chi connectivity index (χ0v) is 13.8. The molecule has 1 saturated carbocycles. The van der Waals surface area contributed by atoms with Gasteiger partial charge in [-0.15, -0.1) is 5.10 Å². The second-order valence-corrected chi connectivity index (χ2v) is 6.21. The molecule has 0 bridgehead atoms. The molecular formula is C16H24FN5O2. The van der Waals surface area contributed by atoms with Gasteiger partial charge in [-0.1, -0.05) is 0 Å². The first-order valence-electron chi connectivity index (χ1n) is 8.19. The van der Waals surface area contributed by atoms with E-state index < -0.39 is 5.82 Å². The van der Waals surface area contributed by atoms with Gasteiger partial charge in [-0.25, -0.2) is 15.8 Å². The summed E-state index contributed by atoms with van der Waals surface area (Å²) in [7, 11) is 0. The van der Waals surface area contributed by atoms with E-state index in [1.165, 1.54) is 12.8 Å². The van der Waals surface area contributed by atoms with Gasteiger partial charge in [0.15, 0.2) is 5.84 Å². The van der Waals surface area contributed by atoms with Crippen molar-refractivity contribution in [2.45, 2.75) is 19.8 Å². The molecule has 24 heavy (non-hydrogen) atoms. The Hall–Kier alpha value is -2.06. The molecule has 0 atom stereocenters. The zero-order chi connectivity index (χ0) is 17.1. The number of hydrogen-bond acceptors (Lipinski definition) is 6. The highest BCUT2D eigenvalue weighted by atomic mass is 19.1. The monoisotopic (exact) mass is 337 g/mol. The number of benzene rings is 1. The molecule has 2 aliphatic rings. The molecule has 1 aliphatic carbocycles. The molecule has 0 unspecified atom stereocenters. The van der Waals surface area contributed by atoms with Gasteiger partial charge in [0.05, 0.1) is 24.4 Å². The number of nitrogens with zero attached hydrogens (tertiary/aromatic N) is 2. The number of aryl methyl sites for hydroxylation is 1. The maximum Gasteiger partial charge on any atom is 0.157 e. The highest BCUT2D eigenvalue weighted by Crippen LogP contribution is 2.38. The number of rotatable bonds is 7. The Labute approximate surface area is 140 Å². The van der Waals surface area contributed by atoms with Crippen molar-refractivity contribution in [2.24, 2.45) is 22.6 Å². The second kappa shape index (κ2) is 7.23. The summed E-state index contributed by atoms with van der Waals surface area (Å²) in [6, 6.07) is 1.69. The Kier molecular flexibility index (Phi) is 5.06. The van der Waals surface area contributed by atoms with Gasteiger partial charge in [-0.05, 0) is 37.3 Å². The smallest absolute Gasteiger partial charge is 0.157 e. The van der Waals surface area contributed by atoms with Gasteiger partial charge in [-0.2, -0.15) is 0 Å². The molecule has 1 heterocycles. The Balaban J connectivity index is 1.85. The average molecular weight is 337 g/mol. The number of ether oxygens (including phenoxy) is 2. The fourth-order valence-electron chi connectivity index (χ4n) is 2.85. The van der Waals surface area contributed by atoms with Crippen LogP contribution in [-0.4, -0.2) is 38.7 Å². The zero-order valence-electron chi connectivity index (χ0n) is 13.8. The highest BCUT2D eigenvalue weighted by Gasteiger charge is 2.28. The number of nitrogens with two attached hydrogens (primary N) is 2. The van der Waals surface area contributed by atoms with Gasteiger partial charge in [0.25, 0.3) is 0 Å². The van der Waals surface area contributed by atoms with Crippen molar-refractivity contribution in [3.63, 3.8) is 0 Å². The Morgan fingerprint density at radius 1 is 1.54 bits per heavy atom. The fraction of sp³-hybridized carbons (Fsp3) is 0.562. The third-order valence-electron chi connectivity index (χ3n) is 4.32. The molecule has 0 saturated heterocycles. The predicted octanol–water partition coefficient (Wildman–Crippen LogP) is 0.843. The second-order valence-electron chi connectivity index (χ2n) is 6.21. The summed E-state index contributed by atoms with van der Waals surface area (Å²) in [6.07, 6.45) is 2.52. The van der Waals surface area contributed by atoms with Crippen molar-refractivity contribution in [2.75, 3.05) is 37.8 Å². The normalized spacial score (nSPS) is 17.5. The van der Waals surface area contributed by atoms with E-state index in [2.05, 4.69) is 10.6 Å². The standard InChI is InChI=1S/C16H24FN5O2/c1-10-8-12-15(13(14(10)17)16(18)20-21-19)22(5-7-24-12)4-6-23-9-11-2-3-11/h8,11,21H,2-7,9,19H2,1H3,(H2,18,20). The van der Waals surface area contributed by atoms with Crippen LogP contribution < -0.4 is 26.7 Å². The lowest BCUT2D eigenvalue weighted by Crippen LogP contribution is -2.38. The van der Waals surface area contributed by atoms with E-state index in [0.29, 0.717) is 43.3 Å². The third-order valence-corrected chi connectivity index (χ3v) is 4.32. The highest BCUT2D eigenvalue weighted by molar-refractivity contribution is 6.04. The predicted molar refractivity (Wildman–Crippen MR) is 90.4 cm³/mol. The van der Waals surface area contributed by atoms with Crippen molar-refractivity contribution >= 4 is 11.5 Å². The van der Waals surface area contributed by atoms with Crippen molar-refractivity contribution in [1.29, 1.82) is 0 Å². The van der Waals surface area contributed by atoms with Crippen molar-refractivity contribution in [1.82, 2.24) is 5.53 Å². The quantitative estimate of drug-likeness (QED) is 0.224. The summed E-state index contributed by atoms with van der Waals surface area (Å²) in [5, 5.41) is 3.74. The van der Waals surface area contributed by atoms with E-state index in [0.717, 1.165) is 12.5 Å². The number of halogens is 1. The lowest BCUT2D eigenvalue weighted by Gasteiger charge is -2.33. The molecule has 7 nitrogen and oxygen atoms in total. The molecule has 1 aliphatic heterocycles. The maximum atomic E-state index is 14.7.